The molecule has 0 bridgehead atoms. The highest BCUT2D eigenvalue weighted by Crippen LogP contribution is 2.38. The summed E-state index contributed by atoms with van der Waals surface area (Å²) < 4.78 is 37.3. The molecule has 0 aliphatic heterocycles. The van der Waals surface area contributed by atoms with Gasteiger partial charge in [-0.05, 0) is 30.7 Å². The zero-order chi connectivity index (χ0) is 11.6. The molecule has 0 aromatic heterocycles. The number of benzene rings is 1. The van der Waals surface area contributed by atoms with Gasteiger partial charge in [0.05, 0.1) is 10.6 Å². The Morgan fingerprint density at radius 3 is 2.27 bits per heavy atom. The molecule has 2 N–H and O–H groups in total. The lowest BCUT2D eigenvalue weighted by Crippen LogP contribution is -2.10. The summed E-state index contributed by atoms with van der Waals surface area (Å²) in [5.41, 5.74) is 4.63. The molecule has 0 fully saturated rings. The van der Waals surface area contributed by atoms with E-state index in [1.54, 1.807) is 0 Å². The summed E-state index contributed by atoms with van der Waals surface area (Å²) in [7, 11) is 0. The van der Waals surface area contributed by atoms with Crippen LogP contribution in [0.3, 0.4) is 0 Å². The van der Waals surface area contributed by atoms with Gasteiger partial charge >= 0.3 is 6.18 Å². The molecular weight excluding hydrogens is 250 g/mol. The Kier molecular flexibility index (Phi) is 3.87. The van der Waals surface area contributed by atoms with Crippen molar-refractivity contribution in [2.75, 3.05) is 6.54 Å². The van der Waals surface area contributed by atoms with Crippen LogP contribution in [0, 0.1) is 0 Å². The highest BCUT2D eigenvalue weighted by molar-refractivity contribution is 6.36. The molecule has 15 heavy (non-hydrogen) atoms. The second-order valence-corrected chi connectivity index (χ2v) is 3.71. The maximum atomic E-state index is 12.4. The summed E-state index contributed by atoms with van der Waals surface area (Å²) in [6.07, 6.45) is -4.24. The molecule has 0 saturated carbocycles. The van der Waals surface area contributed by atoms with E-state index < -0.39 is 11.7 Å². The highest BCUT2D eigenvalue weighted by Gasteiger charge is 2.34. The van der Waals surface area contributed by atoms with Gasteiger partial charge in [0.2, 0.25) is 0 Å². The van der Waals surface area contributed by atoms with Crippen LogP contribution in [0.1, 0.15) is 11.1 Å². The van der Waals surface area contributed by atoms with E-state index in [1.807, 2.05) is 0 Å². The van der Waals surface area contributed by atoms with E-state index in [-0.39, 0.29) is 28.6 Å². The molecule has 0 radical (unpaired) electrons. The minimum atomic E-state index is -4.47. The standard InChI is InChI=1S/C9H8Cl2F3N/c10-7-2-1-6(9(12,13)14)8(11)5(7)3-4-15/h1-2H,3-4,15H2. The predicted octanol–water partition coefficient (Wildman–Crippen LogP) is 3.51. The maximum Gasteiger partial charge on any atom is 0.417 e. The number of rotatable bonds is 2. The van der Waals surface area contributed by atoms with Crippen molar-refractivity contribution in [1.82, 2.24) is 0 Å². The number of hydrogen-bond acceptors (Lipinski definition) is 1. The first-order valence-electron chi connectivity index (χ1n) is 4.12. The number of nitrogens with two attached hydrogens (primary N) is 1. The third-order valence-corrected chi connectivity index (χ3v) is 2.67. The number of hydrogen-bond donors (Lipinski definition) is 1. The molecule has 0 amide bonds. The van der Waals surface area contributed by atoms with Gasteiger partial charge in [-0.2, -0.15) is 13.2 Å². The normalized spacial score (nSPS) is 11.9. The van der Waals surface area contributed by atoms with Crippen molar-refractivity contribution in [1.29, 1.82) is 0 Å². The first-order valence-corrected chi connectivity index (χ1v) is 4.87. The Morgan fingerprint density at radius 1 is 1.20 bits per heavy atom. The average molecular weight is 258 g/mol. The number of alkyl halides is 3. The fraction of sp³-hybridized carbons (Fsp3) is 0.333. The molecule has 0 spiro atoms. The van der Waals surface area contributed by atoms with Crippen molar-refractivity contribution < 1.29 is 13.2 Å². The lowest BCUT2D eigenvalue weighted by atomic mass is 10.1. The zero-order valence-electron chi connectivity index (χ0n) is 7.54. The fourth-order valence-electron chi connectivity index (χ4n) is 1.19. The van der Waals surface area contributed by atoms with Crippen molar-refractivity contribution >= 4 is 23.2 Å². The molecule has 1 aromatic rings. The third-order valence-electron chi connectivity index (χ3n) is 1.89. The summed E-state index contributed by atoms with van der Waals surface area (Å²) in [6, 6.07) is 2.05. The molecule has 0 unspecified atom stereocenters. The minimum Gasteiger partial charge on any atom is -0.330 e. The van der Waals surface area contributed by atoms with Gasteiger partial charge in [-0.3, -0.25) is 0 Å². The van der Waals surface area contributed by atoms with E-state index in [9.17, 15) is 13.2 Å². The van der Waals surface area contributed by atoms with Crippen LogP contribution in [0.5, 0.6) is 0 Å². The first kappa shape index (κ1) is 12.6. The van der Waals surface area contributed by atoms with Crippen molar-refractivity contribution in [3.05, 3.63) is 33.3 Å². The van der Waals surface area contributed by atoms with Crippen LogP contribution in [0.15, 0.2) is 12.1 Å². The maximum absolute atomic E-state index is 12.4. The monoisotopic (exact) mass is 257 g/mol. The van der Waals surface area contributed by atoms with Crippen molar-refractivity contribution in [3.8, 4) is 0 Å². The Hall–Kier alpha value is -0.450. The van der Waals surface area contributed by atoms with E-state index in [4.69, 9.17) is 28.9 Å². The van der Waals surface area contributed by atoms with Gasteiger partial charge in [-0.25, -0.2) is 0 Å². The van der Waals surface area contributed by atoms with Crippen LogP contribution in [0.25, 0.3) is 0 Å². The summed E-state index contributed by atoms with van der Waals surface area (Å²) >= 11 is 11.3. The van der Waals surface area contributed by atoms with Crippen LogP contribution in [-0.2, 0) is 12.6 Å². The summed E-state index contributed by atoms with van der Waals surface area (Å²) in [6.45, 7) is 0.195. The van der Waals surface area contributed by atoms with Gasteiger partial charge < -0.3 is 5.73 Å². The molecule has 0 atom stereocenters. The Balaban J connectivity index is 3.28. The second kappa shape index (κ2) is 4.60. The van der Waals surface area contributed by atoms with Gasteiger partial charge in [-0.1, -0.05) is 23.2 Å². The zero-order valence-corrected chi connectivity index (χ0v) is 9.05. The summed E-state index contributed by atoms with van der Waals surface area (Å²) in [4.78, 5) is 0. The summed E-state index contributed by atoms with van der Waals surface area (Å²) in [5.74, 6) is 0. The van der Waals surface area contributed by atoms with Crippen LogP contribution < -0.4 is 5.73 Å². The lowest BCUT2D eigenvalue weighted by molar-refractivity contribution is -0.137. The molecule has 6 heteroatoms. The SMILES string of the molecule is NCCc1c(Cl)ccc(C(F)(F)F)c1Cl. The molecule has 0 heterocycles. The fourth-order valence-corrected chi connectivity index (χ4v) is 1.86. The number of halogens is 5. The molecule has 0 aliphatic carbocycles. The Bertz CT molecular complexity index is 363. The first-order chi connectivity index (χ1) is 6.88. The minimum absolute atomic E-state index is 0.195. The topological polar surface area (TPSA) is 26.0 Å². The van der Waals surface area contributed by atoms with E-state index >= 15 is 0 Å². The quantitative estimate of drug-likeness (QED) is 0.862. The van der Waals surface area contributed by atoms with Crippen molar-refractivity contribution in [2.45, 2.75) is 12.6 Å². The lowest BCUT2D eigenvalue weighted by Gasteiger charge is -2.13. The van der Waals surface area contributed by atoms with Crippen LogP contribution in [0.4, 0.5) is 13.2 Å². The molecule has 1 nitrogen and oxygen atoms in total. The van der Waals surface area contributed by atoms with Gasteiger partial charge in [-0.15, -0.1) is 0 Å². The van der Waals surface area contributed by atoms with Gasteiger partial charge in [0.25, 0.3) is 0 Å². The van der Waals surface area contributed by atoms with E-state index in [2.05, 4.69) is 0 Å². The largest absolute Gasteiger partial charge is 0.417 e. The molecule has 1 rings (SSSR count). The molecule has 84 valence electrons. The van der Waals surface area contributed by atoms with Crippen molar-refractivity contribution in [3.63, 3.8) is 0 Å². The molecular formula is C9H8Cl2F3N. The molecule has 0 aliphatic rings. The Labute approximate surface area is 95.0 Å². The van der Waals surface area contributed by atoms with Crippen molar-refractivity contribution in [2.24, 2.45) is 5.73 Å². The van der Waals surface area contributed by atoms with Gasteiger partial charge in [0.1, 0.15) is 0 Å². The van der Waals surface area contributed by atoms with Gasteiger partial charge in [0.15, 0.2) is 0 Å². The summed E-state index contributed by atoms with van der Waals surface area (Å²) in [5, 5.41) is -0.154. The van der Waals surface area contributed by atoms with Crippen LogP contribution >= 0.6 is 23.2 Å². The predicted molar refractivity (Wildman–Crippen MR) is 54.2 cm³/mol. The average Bonchev–Trinajstić information content (AvgIpc) is 2.09. The third kappa shape index (κ3) is 2.77. The molecule has 0 saturated heterocycles. The Morgan fingerprint density at radius 2 is 1.80 bits per heavy atom. The van der Waals surface area contributed by atoms with E-state index in [0.717, 1.165) is 6.07 Å². The van der Waals surface area contributed by atoms with Crippen LogP contribution in [-0.4, -0.2) is 6.54 Å². The molecule has 1 aromatic carbocycles. The second-order valence-electron chi connectivity index (χ2n) is 2.92. The highest BCUT2D eigenvalue weighted by atomic mass is 35.5. The van der Waals surface area contributed by atoms with E-state index in [1.165, 1.54) is 6.07 Å². The van der Waals surface area contributed by atoms with Crippen LogP contribution in [0.2, 0.25) is 10.0 Å². The van der Waals surface area contributed by atoms with E-state index in [0.29, 0.717) is 0 Å². The smallest absolute Gasteiger partial charge is 0.330 e. The van der Waals surface area contributed by atoms with Gasteiger partial charge in [0, 0.05) is 5.02 Å².